The lowest BCUT2D eigenvalue weighted by atomic mass is 10.1. The van der Waals surface area contributed by atoms with E-state index in [4.69, 9.17) is 20.3 Å². The fraction of sp³-hybridized carbons (Fsp3) is 0.426. The van der Waals surface area contributed by atoms with Gasteiger partial charge in [-0.15, -0.1) is 17.9 Å². The molecule has 5 rings (SSSR count). The molecule has 59 heavy (non-hydrogen) atoms. The molecule has 0 bridgehead atoms. The maximum atomic E-state index is 11.8. The second-order valence-corrected chi connectivity index (χ2v) is 17.3. The summed E-state index contributed by atoms with van der Waals surface area (Å²) in [6, 6.07) is 32.3. The first-order chi connectivity index (χ1) is 28.0. The number of benzene rings is 3. The molecule has 12 heteroatoms. The number of oxime groups is 1. The number of carbonyl (C=O) groups is 1. The largest absolute Gasteiger partial charge is 1.00 e. The molecule has 1 unspecified atom stereocenters. The average Bonchev–Trinajstić information content (AvgIpc) is 3.66. The third-order valence-corrected chi connectivity index (χ3v) is 11.5. The number of nitriles is 1. The molecule has 1 aromatic heterocycles. The summed E-state index contributed by atoms with van der Waals surface area (Å²) in [5.74, 6) is -0.671. The molecule has 1 atom stereocenters. The van der Waals surface area contributed by atoms with E-state index in [0.717, 1.165) is 26.9 Å². The van der Waals surface area contributed by atoms with Gasteiger partial charge in [0.15, 0.2) is 12.2 Å². The van der Waals surface area contributed by atoms with Crippen LogP contribution >= 0.6 is 11.3 Å². The number of carboxylic acids is 1. The van der Waals surface area contributed by atoms with Crippen LogP contribution < -0.4 is 12.4 Å². The Kier molecular flexibility index (Phi) is 28.4. The van der Waals surface area contributed by atoms with Crippen LogP contribution in [0.1, 0.15) is 87.1 Å². The minimum atomic E-state index is -1.21. The van der Waals surface area contributed by atoms with Gasteiger partial charge in [-0.1, -0.05) is 143 Å². The van der Waals surface area contributed by atoms with Gasteiger partial charge in [0.1, 0.15) is 23.2 Å². The van der Waals surface area contributed by atoms with Crippen LogP contribution in [-0.2, 0) is 33.9 Å². The second-order valence-electron chi connectivity index (χ2n) is 14.7. The molecular weight excluding hydrogens is 800 g/mol. The van der Waals surface area contributed by atoms with Gasteiger partial charge < -0.3 is 41.4 Å². The summed E-state index contributed by atoms with van der Waals surface area (Å²) in [5, 5.41) is 30.7. The maximum absolute atomic E-state index is 11.8. The third kappa shape index (κ3) is 23.3. The summed E-state index contributed by atoms with van der Waals surface area (Å²) in [6.45, 7) is 9.06. The Bertz CT molecular complexity index is 1800. The summed E-state index contributed by atoms with van der Waals surface area (Å²) in [5.41, 5.74) is 2.25. The van der Waals surface area contributed by atoms with Crippen molar-refractivity contribution in [3.63, 3.8) is 0 Å². The Hall–Kier alpha value is -4.15. The molecule has 3 aromatic carbocycles. The van der Waals surface area contributed by atoms with Gasteiger partial charge in [0.25, 0.3) is 5.04 Å². The minimum absolute atomic E-state index is 0. The molecular formula is C47H65ClN4O5S2. The summed E-state index contributed by atoms with van der Waals surface area (Å²) in [4.78, 5) is 18.2. The number of aliphatic hydroxyl groups excluding tert-OH is 1. The molecule has 0 saturated carbocycles. The highest BCUT2D eigenvalue weighted by molar-refractivity contribution is 8.07. The number of carboxylic acid groups (broad SMARTS) is 1. The van der Waals surface area contributed by atoms with Gasteiger partial charge in [0.2, 0.25) is 0 Å². The molecule has 0 aliphatic carbocycles. The molecule has 0 spiro atoms. The molecule has 2 heterocycles. The van der Waals surface area contributed by atoms with E-state index in [1.807, 2.05) is 54.6 Å². The standard InChI is InChI=1S/C21H38N.C12H12N2O2.C11H9NO2S2.C3H6O.ClH/c1-4-5-6-7-8-9-10-11-12-16-19-22(2,3)20-21-17-14-13-15-18-21;1-14(9-11(7-13)12(15)16)8-10-5-3-2-4-6-10;13-16-6-5-14-12-11(16)10-7-8-3-1-2-4-9(8)15-10;1-2-3-4;/h13-15,17-18H,4-12,16,19-20H2,1-3H3;2-6,9H,8H2,1H3,(H,15,16);1-4,7H,5-6H2;2,4H,1,3H2;1H/q+1;;;;/p-1/b;11-9+;;;. The van der Waals surface area contributed by atoms with Gasteiger partial charge in [-0.3, -0.25) is 0 Å². The molecule has 0 saturated heterocycles. The van der Waals surface area contributed by atoms with Crippen molar-refractivity contribution >= 4 is 43.6 Å². The lowest BCUT2D eigenvalue weighted by Crippen LogP contribution is -3.00. The van der Waals surface area contributed by atoms with Crippen molar-refractivity contribution in [1.29, 1.82) is 5.26 Å². The zero-order valence-electron chi connectivity index (χ0n) is 35.4. The van der Waals surface area contributed by atoms with Crippen LogP contribution in [0, 0.1) is 11.3 Å². The number of hydrogen-bond acceptors (Lipinski definition) is 8. The van der Waals surface area contributed by atoms with Crippen molar-refractivity contribution in [1.82, 2.24) is 4.90 Å². The molecule has 0 fully saturated rings. The zero-order chi connectivity index (χ0) is 42.4. The van der Waals surface area contributed by atoms with Crippen molar-refractivity contribution in [3.05, 3.63) is 131 Å². The molecule has 0 radical (unpaired) electrons. The molecule has 4 aromatic rings. The number of nitrogens with zero attached hydrogens (tertiary/aromatic N) is 4. The Balaban J connectivity index is 0.000000425. The van der Waals surface area contributed by atoms with Crippen LogP contribution in [0.25, 0.3) is 10.1 Å². The lowest BCUT2D eigenvalue weighted by molar-refractivity contribution is -0.903. The Morgan fingerprint density at radius 1 is 0.949 bits per heavy atom. The second kappa shape index (κ2) is 31.7. The van der Waals surface area contributed by atoms with E-state index in [0.29, 0.717) is 23.9 Å². The van der Waals surface area contributed by atoms with Crippen molar-refractivity contribution in [3.8, 4) is 6.07 Å². The summed E-state index contributed by atoms with van der Waals surface area (Å²) in [6.07, 6.45) is 17.0. The first-order valence-corrected chi connectivity index (χ1v) is 22.4. The van der Waals surface area contributed by atoms with Crippen LogP contribution in [0.3, 0.4) is 0 Å². The van der Waals surface area contributed by atoms with Crippen molar-refractivity contribution in [2.75, 3.05) is 46.7 Å². The molecule has 322 valence electrons. The number of hydrogen-bond donors (Lipinski definition) is 2. The van der Waals surface area contributed by atoms with Gasteiger partial charge in [-0.25, -0.2) is 4.79 Å². The monoisotopic (exact) mass is 864 g/mol. The van der Waals surface area contributed by atoms with E-state index in [-0.39, 0.29) is 24.6 Å². The SMILES string of the molecule is C=CCO.CCCCCCCCCCCC[N+](C)(C)Cc1ccccc1.CN(/C=C(\C#N)C(=O)O)Cc1ccccc1.[Cl-].[O-][S+]1CCON=C1c1cc2ccccc2s1. The first kappa shape index (κ1) is 52.9. The number of fused-ring (bicyclic) bond motifs is 1. The van der Waals surface area contributed by atoms with Crippen molar-refractivity contribution in [2.45, 2.75) is 84.2 Å². The van der Waals surface area contributed by atoms with Gasteiger partial charge in [-0.05, 0) is 41.1 Å². The fourth-order valence-electron chi connectivity index (χ4n) is 6.05. The topological polar surface area (TPSA) is 129 Å². The summed E-state index contributed by atoms with van der Waals surface area (Å²) >= 11 is 0.583. The van der Waals surface area contributed by atoms with Gasteiger partial charge in [0, 0.05) is 41.2 Å². The predicted octanol–water partition coefficient (Wildman–Crippen LogP) is 7.30. The highest BCUT2D eigenvalue weighted by Gasteiger charge is 2.26. The van der Waals surface area contributed by atoms with Crippen LogP contribution in [0.15, 0.2) is 121 Å². The van der Waals surface area contributed by atoms with Gasteiger partial charge in [-0.2, -0.15) is 5.26 Å². The first-order valence-electron chi connectivity index (χ1n) is 20.3. The van der Waals surface area contributed by atoms with E-state index in [1.54, 1.807) is 29.4 Å². The highest BCUT2D eigenvalue weighted by atomic mass is 35.5. The number of thiophene rings is 1. The number of aliphatic hydroxyl groups is 1. The van der Waals surface area contributed by atoms with E-state index in [1.165, 1.54) is 93.3 Å². The minimum Gasteiger partial charge on any atom is -1.00 e. The number of unbranched alkanes of at least 4 members (excludes halogenated alkanes) is 9. The number of aliphatic carboxylic acids is 1. The summed E-state index contributed by atoms with van der Waals surface area (Å²) < 4.78 is 14.1. The number of quaternary nitrogens is 1. The third-order valence-electron chi connectivity index (χ3n) is 9.03. The van der Waals surface area contributed by atoms with E-state index < -0.39 is 17.1 Å². The Morgan fingerprint density at radius 2 is 1.49 bits per heavy atom. The predicted molar refractivity (Wildman–Crippen MR) is 243 cm³/mol. The van der Waals surface area contributed by atoms with Crippen LogP contribution in [-0.4, -0.2) is 81.8 Å². The van der Waals surface area contributed by atoms with E-state index in [9.17, 15) is 9.35 Å². The van der Waals surface area contributed by atoms with Crippen molar-refractivity contribution in [2.24, 2.45) is 5.16 Å². The maximum Gasteiger partial charge on any atom is 0.347 e. The van der Waals surface area contributed by atoms with Gasteiger partial charge in [0.05, 0.1) is 27.2 Å². The number of rotatable bonds is 19. The van der Waals surface area contributed by atoms with E-state index in [2.05, 4.69) is 69.2 Å². The van der Waals surface area contributed by atoms with Gasteiger partial charge >= 0.3 is 5.97 Å². The smallest absolute Gasteiger partial charge is 0.347 e. The Labute approximate surface area is 366 Å². The Morgan fingerprint density at radius 3 is 2.02 bits per heavy atom. The fourth-order valence-corrected chi connectivity index (χ4v) is 8.23. The van der Waals surface area contributed by atoms with Crippen LogP contribution in [0.5, 0.6) is 0 Å². The summed E-state index contributed by atoms with van der Waals surface area (Å²) in [7, 11) is 6.45. The van der Waals surface area contributed by atoms with E-state index >= 15 is 0 Å². The zero-order valence-corrected chi connectivity index (χ0v) is 37.8. The normalized spacial score (nSPS) is 13.3. The molecule has 2 N–H and O–H groups in total. The molecule has 1 aliphatic heterocycles. The molecule has 9 nitrogen and oxygen atoms in total. The van der Waals surface area contributed by atoms with Crippen LogP contribution in [0.2, 0.25) is 0 Å². The molecule has 1 aliphatic rings. The quantitative estimate of drug-likeness (QED) is 0.0253. The van der Waals surface area contributed by atoms with Crippen LogP contribution in [0.4, 0.5) is 0 Å². The number of halogens is 1. The average molecular weight is 866 g/mol. The van der Waals surface area contributed by atoms with Crippen molar-refractivity contribution < 1.29 is 41.3 Å². The lowest BCUT2D eigenvalue weighted by Gasteiger charge is -2.30. The highest BCUT2D eigenvalue weighted by Crippen LogP contribution is 2.28. The molecule has 0 amide bonds.